The summed E-state index contributed by atoms with van der Waals surface area (Å²) in [5.41, 5.74) is 3.48. The average molecular weight is 536 g/mol. The molecular weight excluding hydrogens is 516 g/mol. The summed E-state index contributed by atoms with van der Waals surface area (Å²) in [6, 6.07) is 20.0. The highest BCUT2D eigenvalue weighted by molar-refractivity contribution is 6.32. The van der Waals surface area contributed by atoms with Gasteiger partial charge in [-0.05, 0) is 48.9 Å². The van der Waals surface area contributed by atoms with Crippen molar-refractivity contribution in [2.45, 2.75) is 19.4 Å². The number of rotatable bonds is 7. The number of hydrogen-bond donors (Lipinski definition) is 2. The van der Waals surface area contributed by atoms with Gasteiger partial charge in [-0.25, -0.2) is 9.07 Å². The van der Waals surface area contributed by atoms with E-state index >= 15 is 0 Å². The molecule has 37 heavy (non-hydrogen) atoms. The van der Waals surface area contributed by atoms with Gasteiger partial charge in [0.1, 0.15) is 5.82 Å². The van der Waals surface area contributed by atoms with Crippen LogP contribution in [-0.4, -0.2) is 36.3 Å². The molecule has 0 fully saturated rings. The normalized spacial score (nSPS) is 11.9. The molecule has 11 heteroatoms. The Morgan fingerprint density at radius 2 is 1.78 bits per heavy atom. The second-order valence-electron chi connectivity index (χ2n) is 8.30. The zero-order chi connectivity index (χ0) is 25.9. The van der Waals surface area contributed by atoms with Crippen LogP contribution in [0.4, 0.5) is 4.39 Å². The zero-order valence-corrected chi connectivity index (χ0v) is 21.0. The van der Waals surface area contributed by atoms with E-state index in [0.29, 0.717) is 32.8 Å². The summed E-state index contributed by atoms with van der Waals surface area (Å²) in [7, 11) is 0. The molecule has 2 N–H and O–H groups in total. The molecule has 2 aromatic heterocycles. The van der Waals surface area contributed by atoms with E-state index in [9.17, 15) is 9.18 Å². The maximum atomic E-state index is 13.6. The van der Waals surface area contributed by atoms with Crippen molar-refractivity contribution in [3.05, 3.63) is 111 Å². The number of benzene rings is 3. The van der Waals surface area contributed by atoms with Gasteiger partial charge in [0, 0.05) is 22.6 Å². The maximum Gasteiger partial charge on any atom is 0.272 e. The number of tetrazole rings is 1. The molecule has 186 valence electrons. The molecule has 5 rings (SSSR count). The van der Waals surface area contributed by atoms with Crippen LogP contribution in [0.1, 0.15) is 40.4 Å². The third kappa shape index (κ3) is 5.23. The van der Waals surface area contributed by atoms with Gasteiger partial charge in [0.15, 0.2) is 11.5 Å². The Bertz CT molecular complexity index is 1530. The number of aromatic amines is 1. The Kier molecular flexibility index (Phi) is 6.98. The van der Waals surface area contributed by atoms with Crippen molar-refractivity contribution < 1.29 is 9.18 Å². The predicted molar refractivity (Wildman–Crippen MR) is 138 cm³/mol. The van der Waals surface area contributed by atoms with Crippen LogP contribution in [0.5, 0.6) is 0 Å². The van der Waals surface area contributed by atoms with Crippen molar-refractivity contribution in [3.8, 4) is 16.9 Å². The number of carbonyl (C=O) groups excluding carboxylic acids is 1. The second kappa shape index (κ2) is 10.5. The quantitative estimate of drug-likeness (QED) is 0.283. The Labute approximate surface area is 221 Å². The number of para-hydroxylation sites is 1. The smallest absolute Gasteiger partial charge is 0.272 e. The first-order valence-electron chi connectivity index (χ1n) is 11.3. The fourth-order valence-electron chi connectivity index (χ4n) is 4.02. The Balaban J connectivity index is 1.66. The summed E-state index contributed by atoms with van der Waals surface area (Å²) < 4.78 is 15.0. The molecule has 3 aromatic carbocycles. The van der Waals surface area contributed by atoms with Crippen LogP contribution in [0.2, 0.25) is 10.0 Å². The highest BCUT2D eigenvalue weighted by atomic mass is 35.5. The van der Waals surface area contributed by atoms with Crippen LogP contribution < -0.4 is 5.32 Å². The van der Waals surface area contributed by atoms with Gasteiger partial charge in [0.25, 0.3) is 5.91 Å². The highest BCUT2D eigenvalue weighted by Gasteiger charge is 2.27. The standard InChI is InChI=1S/C26H20Cl2FN7O/c1-15(16-8-12-19(29)13-9-16)30-26(37)24-20(14-23-31-34-35-32-23)25(17-6-10-18(27)11-7-17)36(33-24)22-5-3-2-4-21(22)28/h2-13,15H,14H2,1H3,(H,30,37)(H,31,32,34,35)/t15-/m1/s1. The van der Waals surface area contributed by atoms with Crippen molar-refractivity contribution in [2.24, 2.45) is 0 Å². The fraction of sp³-hybridized carbons (Fsp3) is 0.115. The fourth-order valence-corrected chi connectivity index (χ4v) is 4.36. The lowest BCUT2D eigenvalue weighted by atomic mass is 10.0. The number of H-pyrrole nitrogens is 1. The molecular formula is C26H20Cl2FN7O. The molecule has 0 bridgehead atoms. The van der Waals surface area contributed by atoms with Crippen LogP contribution in [0.15, 0.2) is 72.8 Å². The molecule has 1 amide bonds. The third-order valence-corrected chi connectivity index (χ3v) is 6.41. The lowest BCUT2D eigenvalue weighted by molar-refractivity contribution is 0.0933. The molecule has 0 unspecified atom stereocenters. The van der Waals surface area contributed by atoms with Crippen LogP contribution in [0, 0.1) is 5.82 Å². The van der Waals surface area contributed by atoms with E-state index in [1.54, 1.807) is 35.0 Å². The third-order valence-electron chi connectivity index (χ3n) is 5.84. The molecule has 0 aliphatic heterocycles. The molecule has 0 aliphatic rings. The van der Waals surface area contributed by atoms with E-state index in [-0.39, 0.29) is 17.9 Å². The summed E-state index contributed by atoms with van der Waals surface area (Å²) in [5, 5.41) is 23.0. The van der Waals surface area contributed by atoms with Gasteiger partial charge >= 0.3 is 0 Å². The van der Waals surface area contributed by atoms with Crippen LogP contribution in [0.3, 0.4) is 0 Å². The zero-order valence-electron chi connectivity index (χ0n) is 19.5. The van der Waals surface area contributed by atoms with Crippen LogP contribution in [-0.2, 0) is 6.42 Å². The topological polar surface area (TPSA) is 101 Å². The minimum absolute atomic E-state index is 0.170. The molecule has 0 spiro atoms. The van der Waals surface area contributed by atoms with E-state index in [2.05, 4.69) is 25.9 Å². The number of hydrogen-bond acceptors (Lipinski definition) is 5. The summed E-state index contributed by atoms with van der Waals surface area (Å²) in [6.07, 6.45) is 0.173. The first-order chi connectivity index (χ1) is 17.9. The minimum atomic E-state index is -0.420. The molecule has 1 atom stereocenters. The number of carbonyl (C=O) groups is 1. The SMILES string of the molecule is C[C@@H](NC(=O)c1nn(-c2ccccc2Cl)c(-c2ccc(Cl)cc2)c1Cc1nn[nH]n1)c1ccc(F)cc1. The van der Waals surface area contributed by atoms with Gasteiger partial charge < -0.3 is 5.32 Å². The van der Waals surface area contributed by atoms with Gasteiger partial charge in [-0.1, -0.05) is 64.8 Å². The van der Waals surface area contributed by atoms with E-state index in [4.69, 9.17) is 28.3 Å². The lowest BCUT2D eigenvalue weighted by Crippen LogP contribution is -2.28. The van der Waals surface area contributed by atoms with E-state index in [0.717, 1.165) is 11.1 Å². The van der Waals surface area contributed by atoms with Crippen LogP contribution in [0.25, 0.3) is 16.9 Å². The molecule has 0 saturated heterocycles. The predicted octanol–water partition coefficient (Wildman–Crippen LogP) is 5.58. The Morgan fingerprint density at radius 3 is 2.46 bits per heavy atom. The number of halogens is 3. The highest BCUT2D eigenvalue weighted by Crippen LogP contribution is 2.34. The molecule has 0 saturated carbocycles. The van der Waals surface area contributed by atoms with E-state index in [1.165, 1.54) is 12.1 Å². The van der Waals surface area contributed by atoms with Gasteiger partial charge in [-0.3, -0.25) is 4.79 Å². The number of amides is 1. The maximum absolute atomic E-state index is 13.6. The summed E-state index contributed by atoms with van der Waals surface area (Å²) in [4.78, 5) is 13.6. The molecule has 5 aromatic rings. The summed E-state index contributed by atoms with van der Waals surface area (Å²) in [6.45, 7) is 1.81. The Hall–Kier alpha value is -4.08. The number of nitrogens with one attached hydrogen (secondary N) is 2. The van der Waals surface area contributed by atoms with Crippen molar-refractivity contribution >= 4 is 29.1 Å². The van der Waals surface area contributed by atoms with E-state index < -0.39 is 11.9 Å². The average Bonchev–Trinajstić information content (AvgIpc) is 3.54. The summed E-state index contributed by atoms with van der Waals surface area (Å²) >= 11 is 12.7. The first-order valence-corrected chi connectivity index (χ1v) is 12.1. The van der Waals surface area contributed by atoms with Gasteiger partial charge in [-0.2, -0.15) is 10.3 Å². The van der Waals surface area contributed by atoms with E-state index in [1.807, 2.05) is 37.3 Å². The minimum Gasteiger partial charge on any atom is -0.344 e. The lowest BCUT2D eigenvalue weighted by Gasteiger charge is -2.14. The van der Waals surface area contributed by atoms with Gasteiger partial charge in [-0.15, -0.1) is 10.2 Å². The van der Waals surface area contributed by atoms with Gasteiger partial charge in [0.05, 0.1) is 22.4 Å². The largest absolute Gasteiger partial charge is 0.344 e. The van der Waals surface area contributed by atoms with Crippen molar-refractivity contribution in [1.29, 1.82) is 0 Å². The number of aromatic nitrogens is 6. The molecule has 2 heterocycles. The van der Waals surface area contributed by atoms with Gasteiger partial charge in [0.2, 0.25) is 0 Å². The summed E-state index contributed by atoms with van der Waals surface area (Å²) in [5.74, 6) is -0.387. The number of nitrogens with zero attached hydrogens (tertiary/aromatic N) is 5. The second-order valence-corrected chi connectivity index (χ2v) is 9.14. The molecule has 8 nitrogen and oxygen atoms in total. The molecule has 0 aliphatic carbocycles. The molecule has 0 radical (unpaired) electrons. The van der Waals surface area contributed by atoms with Crippen molar-refractivity contribution in [3.63, 3.8) is 0 Å². The van der Waals surface area contributed by atoms with Crippen molar-refractivity contribution in [2.75, 3.05) is 0 Å². The Morgan fingerprint density at radius 1 is 1.05 bits per heavy atom. The van der Waals surface area contributed by atoms with Crippen LogP contribution >= 0.6 is 23.2 Å². The van der Waals surface area contributed by atoms with Crippen molar-refractivity contribution in [1.82, 2.24) is 35.7 Å². The monoisotopic (exact) mass is 535 g/mol. The first kappa shape index (κ1) is 24.6.